The van der Waals surface area contributed by atoms with Crippen LogP contribution >= 0.6 is 23.2 Å². The first-order chi connectivity index (χ1) is 12.8. The molecule has 0 saturated carbocycles. The Kier molecular flexibility index (Phi) is 6.21. The second kappa shape index (κ2) is 7.94. The third-order valence-electron chi connectivity index (χ3n) is 3.12. The topological polar surface area (TPSA) is 98.9 Å². The SMILES string of the molecule is CS(=O)(=O)N=C(Cl)c1cc(Oc2ccc(C(F)(F)F)cc2Cl)ccc1[N+](=O)[O-]. The number of hydrogen-bond donors (Lipinski definition) is 0. The molecule has 0 N–H and O–H groups in total. The predicted octanol–water partition coefficient (Wildman–Crippen LogP) is 5.00. The molecule has 0 bridgehead atoms. The van der Waals surface area contributed by atoms with Crippen LogP contribution in [-0.2, 0) is 16.2 Å². The van der Waals surface area contributed by atoms with Crippen LogP contribution in [0.1, 0.15) is 11.1 Å². The minimum atomic E-state index is -4.60. The highest BCUT2D eigenvalue weighted by molar-refractivity contribution is 7.89. The molecule has 13 heteroatoms. The maximum atomic E-state index is 12.7. The normalized spacial score (nSPS) is 12.7. The largest absolute Gasteiger partial charge is 0.456 e. The van der Waals surface area contributed by atoms with E-state index < -0.39 is 37.5 Å². The lowest BCUT2D eigenvalue weighted by molar-refractivity contribution is -0.385. The Morgan fingerprint density at radius 2 is 1.86 bits per heavy atom. The minimum absolute atomic E-state index is 0.0934. The Labute approximate surface area is 166 Å². The zero-order valence-corrected chi connectivity index (χ0v) is 16.0. The minimum Gasteiger partial charge on any atom is -0.456 e. The third kappa shape index (κ3) is 5.57. The van der Waals surface area contributed by atoms with Gasteiger partial charge in [-0.15, -0.1) is 0 Å². The van der Waals surface area contributed by atoms with Gasteiger partial charge in [0.1, 0.15) is 11.5 Å². The summed E-state index contributed by atoms with van der Waals surface area (Å²) in [6.07, 6.45) is -3.86. The summed E-state index contributed by atoms with van der Waals surface area (Å²) < 4.78 is 69.1. The number of halogens is 5. The number of alkyl halides is 3. The van der Waals surface area contributed by atoms with Gasteiger partial charge >= 0.3 is 6.18 Å². The van der Waals surface area contributed by atoms with Crippen molar-refractivity contribution in [3.8, 4) is 11.5 Å². The van der Waals surface area contributed by atoms with Crippen molar-refractivity contribution in [3.05, 3.63) is 62.7 Å². The molecule has 0 unspecified atom stereocenters. The van der Waals surface area contributed by atoms with Gasteiger partial charge in [-0.3, -0.25) is 10.1 Å². The molecule has 150 valence electrons. The van der Waals surface area contributed by atoms with Crippen LogP contribution in [0.4, 0.5) is 18.9 Å². The Morgan fingerprint density at radius 1 is 1.21 bits per heavy atom. The van der Waals surface area contributed by atoms with Gasteiger partial charge in [0.25, 0.3) is 15.7 Å². The van der Waals surface area contributed by atoms with Crippen LogP contribution in [0.5, 0.6) is 11.5 Å². The molecule has 0 aromatic heterocycles. The highest BCUT2D eigenvalue weighted by Gasteiger charge is 2.31. The van der Waals surface area contributed by atoms with E-state index in [1.165, 1.54) is 0 Å². The molecule has 0 spiro atoms. The van der Waals surface area contributed by atoms with E-state index in [-0.39, 0.29) is 22.1 Å². The molecular formula is C15H9Cl2F3N2O5S. The molecule has 0 saturated heterocycles. The van der Waals surface area contributed by atoms with Crippen molar-refractivity contribution in [1.29, 1.82) is 0 Å². The molecule has 28 heavy (non-hydrogen) atoms. The van der Waals surface area contributed by atoms with E-state index in [2.05, 4.69) is 4.40 Å². The van der Waals surface area contributed by atoms with Gasteiger partial charge in [0.05, 0.1) is 27.3 Å². The van der Waals surface area contributed by atoms with E-state index in [4.69, 9.17) is 27.9 Å². The Hall–Kier alpha value is -2.37. The van der Waals surface area contributed by atoms with E-state index in [1.807, 2.05) is 0 Å². The van der Waals surface area contributed by atoms with Gasteiger partial charge in [-0.1, -0.05) is 23.2 Å². The summed E-state index contributed by atoms with van der Waals surface area (Å²) in [5.74, 6) is -0.255. The van der Waals surface area contributed by atoms with E-state index in [9.17, 15) is 31.7 Å². The fraction of sp³-hybridized carbons (Fsp3) is 0.133. The average Bonchev–Trinajstić information content (AvgIpc) is 2.54. The monoisotopic (exact) mass is 456 g/mol. The molecule has 0 radical (unpaired) electrons. The first-order valence-electron chi connectivity index (χ1n) is 7.07. The maximum Gasteiger partial charge on any atom is 0.416 e. The Morgan fingerprint density at radius 3 is 2.36 bits per heavy atom. The molecule has 0 atom stereocenters. The summed E-state index contributed by atoms with van der Waals surface area (Å²) in [5.41, 5.74) is -1.90. The van der Waals surface area contributed by atoms with Crippen LogP contribution in [0.25, 0.3) is 0 Å². The molecular weight excluding hydrogens is 448 g/mol. The zero-order chi connectivity index (χ0) is 21.3. The third-order valence-corrected chi connectivity index (χ3v) is 4.32. The molecule has 2 aromatic carbocycles. The Bertz CT molecular complexity index is 1070. The number of ether oxygens (including phenoxy) is 1. The first kappa shape index (κ1) is 21.9. The zero-order valence-electron chi connectivity index (χ0n) is 13.7. The lowest BCUT2D eigenvalue weighted by Crippen LogP contribution is -2.05. The lowest BCUT2D eigenvalue weighted by Gasteiger charge is -2.12. The second-order valence-corrected chi connectivity index (χ2v) is 7.71. The summed E-state index contributed by atoms with van der Waals surface area (Å²) in [7, 11) is -3.95. The van der Waals surface area contributed by atoms with Crippen molar-refractivity contribution in [2.75, 3.05) is 6.26 Å². The summed E-state index contributed by atoms with van der Waals surface area (Å²) in [6.45, 7) is 0. The summed E-state index contributed by atoms with van der Waals surface area (Å²) in [5, 5.41) is 10.1. The predicted molar refractivity (Wildman–Crippen MR) is 96.9 cm³/mol. The number of nitro groups is 1. The molecule has 2 aromatic rings. The Balaban J connectivity index is 2.47. The van der Waals surface area contributed by atoms with E-state index >= 15 is 0 Å². The summed E-state index contributed by atoms with van der Waals surface area (Å²) >= 11 is 11.6. The van der Waals surface area contributed by atoms with E-state index in [0.29, 0.717) is 6.07 Å². The number of sulfonamides is 1. The second-order valence-electron chi connectivity index (χ2n) is 5.30. The van der Waals surface area contributed by atoms with Crippen molar-refractivity contribution in [3.63, 3.8) is 0 Å². The molecule has 7 nitrogen and oxygen atoms in total. The lowest BCUT2D eigenvalue weighted by atomic mass is 10.2. The number of nitro benzene ring substituents is 1. The highest BCUT2D eigenvalue weighted by atomic mass is 35.5. The molecule has 0 aliphatic carbocycles. The molecule has 0 heterocycles. The fourth-order valence-corrected chi connectivity index (χ4v) is 3.12. The number of rotatable bonds is 5. The van der Waals surface area contributed by atoms with Crippen LogP contribution in [0.3, 0.4) is 0 Å². The van der Waals surface area contributed by atoms with Crippen LogP contribution in [-0.4, -0.2) is 24.8 Å². The number of benzene rings is 2. The van der Waals surface area contributed by atoms with Crippen molar-refractivity contribution in [2.24, 2.45) is 4.40 Å². The van der Waals surface area contributed by atoms with Crippen LogP contribution in [0.2, 0.25) is 5.02 Å². The quantitative estimate of drug-likeness (QED) is 0.357. The number of nitrogens with zero attached hydrogens (tertiary/aromatic N) is 2. The van der Waals surface area contributed by atoms with Gasteiger partial charge in [-0.05, 0) is 30.3 Å². The van der Waals surface area contributed by atoms with Gasteiger partial charge in [0, 0.05) is 6.07 Å². The first-order valence-corrected chi connectivity index (χ1v) is 9.67. The standard InChI is InChI=1S/C15H9Cl2F3N2O5S/c1-28(25,26)21-14(17)10-7-9(3-4-12(10)22(23)24)27-13-5-2-8(6-11(13)16)15(18,19)20/h2-7H,1H3. The smallest absolute Gasteiger partial charge is 0.416 e. The van der Waals surface area contributed by atoms with E-state index in [1.54, 1.807) is 0 Å². The molecule has 2 rings (SSSR count). The summed E-state index contributed by atoms with van der Waals surface area (Å²) in [4.78, 5) is 10.3. The van der Waals surface area contributed by atoms with Crippen molar-refractivity contribution >= 4 is 44.1 Å². The maximum absolute atomic E-state index is 12.7. The highest BCUT2D eigenvalue weighted by Crippen LogP contribution is 2.37. The van der Waals surface area contributed by atoms with Crippen molar-refractivity contribution in [1.82, 2.24) is 0 Å². The molecule has 0 aliphatic rings. The van der Waals surface area contributed by atoms with Gasteiger partial charge < -0.3 is 4.74 Å². The average molecular weight is 457 g/mol. The van der Waals surface area contributed by atoms with E-state index in [0.717, 1.165) is 36.6 Å². The van der Waals surface area contributed by atoms with Crippen LogP contribution < -0.4 is 4.74 Å². The van der Waals surface area contributed by atoms with Gasteiger partial charge in [0.2, 0.25) is 0 Å². The van der Waals surface area contributed by atoms with Crippen molar-refractivity contribution in [2.45, 2.75) is 6.18 Å². The van der Waals surface area contributed by atoms with Crippen molar-refractivity contribution < 1.29 is 31.2 Å². The molecule has 0 amide bonds. The van der Waals surface area contributed by atoms with Crippen LogP contribution in [0, 0.1) is 10.1 Å². The van der Waals surface area contributed by atoms with Gasteiger partial charge in [-0.25, -0.2) is 8.42 Å². The van der Waals surface area contributed by atoms with Gasteiger partial charge in [-0.2, -0.15) is 17.6 Å². The van der Waals surface area contributed by atoms with Crippen LogP contribution in [0.15, 0.2) is 40.8 Å². The fourth-order valence-electron chi connectivity index (χ4n) is 1.98. The summed E-state index contributed by atoms with van der Waals surface area (Å²) in [6, 6.07) is 5.50. The number of hydrogen-bond acceptors (Lipinski definition) is 5. The molecule has 0 aliphatic heterocycles. The van der Waals surface area contributed by atoms with Gasteiger partial charge in [0.15, 0.2) is 5.17 Å². The molecule has 0 fully saturated rings.